The summed E-state index contributed by atoms with van der Waals surface area (Å²) in [6.45, 7) is 5.85. The van der Waals surface area contributed by atoms with E-state index < -0.39 is 10.0 Å². The van der Waals surface area contributed by atoms with Crippen molar-refractivity contribution in [3.8, 4) is 0 Å². The third-order valence-electron chi connectivity index (χ3n) is 5.93. The molecule has 7 nitrogen and oxygen atoms in total. The number of amides is 1. The molecule has 1 aromatic carbocycles. The molecule has 0 unspecified atom stereocenters. The third kappa shape index (κ3) is 3.57. The van der Waals surface area contributed by atoms with Crippen LogP contribution in [0.1, 0.15) is 23.7 Å². The first-order valence-corrected chi connectivity index (χ1v) is 11.7. The van der Waals surface area contributed by atoms with E-state index in [0.29, 0.717) is 56.4 Å². The zero-order valence-corrected chi connectivity index (χ0v) is 17.6. The Kier molecular flexibility index (Phi) is 5.43. The summed E-state index contributed by atoms with van der Waals surface area (Å²) in [4.78, 5) is 17.3. The second-order valence-electron chi connectivity index (χ2n) is 7.92. The van der Waals surface area contributed by atoms with Crippen molar-refractivity contribution < 1.29 is 17.9 Å². The molecule has 0 aliphatic carbocycles. The number of hydrogen-bond acceptors (Lipinski definition) is 5. The molecule has 3 aliphatic rings. The molecular weight excluding hydrogens is 402 g/mol. The van der Waals surface area contributed by atoms with Gasteiger partial charge in [0.25, 0.3) is 5.91 Å². The van der Waals surface area contributed by atoms with Crippen LogP contribution in [0.3, 0.4) is 0 Å². The maximum Gasteiger partial charge on any atom is 0.253 e. The lowest BCUT2D eigenvalue weighted by Gasteiger charge is -2.62. The van der Waals surface area contributed by atoms with E-state index in [0.717, 1.165) is 6.54 Å². The van der Waals surface area contributed by atoms with E-state index in [9.17, 15) is 13.2 Å². The summed E-state index contributed by atoms with van der Waals surface area (Å²) in [5, 5.41) is 0.592. The first-order valence-electron chi connectivity index (χ1n) is 9.72. The molecule has 0 radical (unpaired) electrons. The molecule has 0 aromatic heterocycles. The van der Waals surface area contributed by atoms with Gasteiger partial charge in [-0.1, -0.05) is 18.5 Å². The normalized spacial score (nSPS) is 25.4. The summed E-state index contributed by atoms with van der Waals surface area (Å²) in [6, 6.07) is 6.99. The Morgan fingerprint density at radius 2 is 1.96 bits per heavy atom. The molecule has 3 saturated heterocycles. The van der Waals surface area contributed by atoms with Crippen LogP contribution in [0, 0.1) is 0 Å². The molecule has 0 N–H and O–H groups in total. The standard InChI is InChI=1S/C19H26ClN3O4S/c1-2-9-28(25,26)22-13-19(14-22)12-21(10-17-11-27-8-7-23(17)19)18(24)15-3-5-16(20)6-4-15/h3-6,17H,2,7-14H2,1H3/t17-/m1/s1. The van der Waals surface area contributed by atoms with Crippen LogP contribution in [0.5, 0.6) is 0 Å². The number of morpholine rings is 1. The van der Waals surface area contributed by atoms with Gasteiger partial charge in [-0.25, -0.2) is 8.42 Å². The lowest BCUT2D eigenvalue weighted by molar-refractivity contribution is -0.141. The number of halogens is 1. The molecule has 3 aliphatic heterocycles. The molecule has 3 heterocycles. The van der Waals surface area contributed by atoms with Crippen LogP contribution in [0.2, 0.25) is 5.02 Å². The molecule has 28 heavy (non-hydrogen) atoms. The summed E-state index contributed by atoms with van der Waals surface area (Å²) in [5.74, 6) is 0.124. The number of nitrogens with zero attached hydrogens (tertiary/aromatic N) is 3. The molecule has 9 heteroatoms. The predicted octanol–water partition coefficient (Wildman–Crippen LogP) is 1.29. The molecule has 0 saturated carbocycles. The Hall–Kier alpha value is -1.19. The molecule has 1 aromatic rings. The third-order valence-corrected chi connectivity index (χ3v) is 8.15. The summed E-state index contributed by atoms with van der Waals surface area (Å²) in [6.07, 6.45) is 0.604. The zero-order valence-electron chi connectivity index (χ0n) is 16.0. The van der Waals surface area contributed by atoms with Crippen LogP contribution in [0.25, 0.3) is 0 Å². The van der Waals surface area contributed by atoms with Gasteiger partial charge in [0.05, 0.1) is 30.5 Å². The first-order chi connectivity index (χ1) is 13.3. The highest BCUT2D eigenvalue weighted by atomic mass is 35.5. The van der Waals surface area contributed by atoms with Crippen molar-refractivity contribution in [1.82, 2.24) is 14.1 Å². The van der Waals surface area contributed by atoms with Gasteiger partial charge in [-0.3, -0.25) is 9.69 Å². The number of hydrogen-bond donors (Lipinski definition) is 0. The number of piperazine rings is 1. The maximum absolute atomic E-state index is 13.1. The largest absolute Gasteiger partial charge is 0.378 e. The summed E-state index contributed by atoms with van der Waals surface area (Å²) in [5.41, 5.74) is 0.273. The second kappa shape index (κ2) is 7.57. The Morgan fingerprint density at radius 3 is 2.64 bits per heavy atom. The summed E-state index contributed by atoms with van der Waals surface area (Å²) in [7, 11) is -3.22. The number of rotatable bonds is 4. The van der Waals surface area contributed by atoms with Gasteiger partial charge in [0.15, 0.2) is 0 Å². The first kappa shape index (κ1) is 20.1. The highest BCUT2D eigenvalue weighted by Crippen LogP contribution is 2.37. The molecule has 4 rings (SSSR count). The van der Waals surface area contributed by atoms with E-state index in [1.165, 1.54) is 0 Å². The van der Waals surface area contributed by atoms with Crippen LogP contribution in [-0.2, 0) is 14.8 Å². The van der Waals surface area contributed by atoms with Crippen LogP contribution in [0.15, 0.2) is 24.3 Å². The van der Waals surface area contributed by atoms with Gasteiger partial charge in [-0.05, 0) is 30.7 Å². The molecular formula is C19H26ClN3O4S. The zero-order chi connectivity index (χ0) is 19.9. The average Bonchev–Trinajstić information content (AvgIpc) is 2.65. The van der Waals surface area contributed by atoms with Crippen LogP contribution in [0.4, 0.5) is 0 Å². The monoisotopic (exact) mass is 427 g/mol. The fourth-order valence-electron chi connectivity index (χ4n) is 4.60. The van der Waals surface area contributed by atoms with E-state index >= 15 is 0 Å². The number of ether oxygens (including phenoxy) is 1. The molecule has 154 valence electrons. The second-order valence-corrected chi connectivity index (χ2v) is 10.4. The van der Waals surface area contributed by atoms with Gasteiger partial charge in [0.1, 0.15) is 0 Å². The van der Waals surface area contributed by atoms with Crippen molar-refractivity contribution >= 4 is 27.5 Å². The topological polar surface area (TPSA) is 70.2 Å². The van der Waals surface area contributed by atoms with Gasteiger partial charge in [-0.15, -0.1) is 0 Å². The highest BCUT2D eigenvalue weighted by molar-refractivity contribution is 7.89. The van der Waals surface area contributed by atoms with Crippen molar-refractivity contribution in [3.05, 3.63) is 34.9 Å². The Labute approximate surface area is 171 Å². The Balaban J connectivity index is 1.56. The maximum atomic E-state index is 13.1. The highest BCUT2D eigenvalue weighted by Gasteiger charge is 2.57. The van der Waals surface area contributed by atoms with Crippen molar-refractivity contribution in [3.63, 3.8) is 0 Å². The van der Waals surface area contributed by atoms with E-state index in [2.05, 4.69) is 4.90 Å². The van der Waals surface area contributed by atoms with E-state index in [1.54, 1.807) is 28.6 Å². The van der Waals surface area contributed by atoms with Gasteiger partial charge in [0.2, 0.25) is 10.0 Å². The van der Waals surface area contributed by atoms with Gasteiger partial charge >= 0.3 is 0 Å². The van der Waals surface area contributed by atoms with Gasteiger partial charge in [-0.2, -0.15) is 4.31 Å². The van der Waals surface area contributed by atoms with E-state index in [1.807, 2.05) is 11.8 Å². The molecule has 1 amide bonds. The Morgan fingerprint density at radius 1 is 1.25 bits per heavy atom. The lowest BCUT2D eigenvalue weighted by atomic mass is 9.84. The predicted molar refractivity (Wildman–Crippen MR) is 107 cm³/mol. The number of benzene rings is 1. The van der Waals surface area contributed by atoms with Crippen molar-refractivity contribution in [2.24, 2.45) is 0 Å². The quantitative estimate of drug-likeness (QED) is 0.724. The van der Waals surface area contributed by atoms with Crippen LogP contribution in [-0.4, -0.2) is 91.7 Å². The van der Waals surface area contributed by atoms with Crippen LogP contribution >= 0.6 is 11.6 Å². The van der Waals surface area contributed by atoms with E-state index in [-0.39, 0.29) is 23.2 Å². The fraction of sp³-hybridized carbons (Fsp3) is 0.632. The van der Waals surface area contributed by atoms with Gasteiger partial charge in [0, 0.05) is 43.3 Å². The summed E-state index contributed by atoms with van der Waals surface area (Å²) < 4.78 is 32.1. The minimum Gasteiger partial charge on any atom is -0.378 e. The number of sulfonamides is 1. The number of fused-ring (bicyclic) bond motifs is 2. The molecule has 0 bridgehead atoms. The number of carbonyl (C=O) groups excluding carboxylic acids is 1. The Bertz CT molecular complexity index is 839. The fourth-order valence-corrected chi connectivity index (χ4v) is 6.38. The molecule has 1 atom stereocenters. The number of carbonyl (C=O) groups is 1. The van der Waals surface area contributed by atoms with Crippen LogP contribution < -0.4 is 0 Å². The van der Waals surface area contributed by atoms with Crippen molar-refractivity contribution in [1.29, 1.82) is 0 Å². The average molecular weight is 428 g/mol. The summed E-state index contributed by atoms with van der Waals surface area (Å²) >= 11 is 5.94. The minimum atomic E-state index is -3.22. The van der Waals surface area contributed by atoms with Crippen molar-refractivity contribution in [2.45, 2.75) is 24.9 Å². The molecule has 1 spiro atoms. The SMILES string of the molecule is CCCS(=O)(=O)N1CC2(CN(C(=O)c3ccc(Cl)cc3)C[C@@H]3COCCN32)C1. The minimum absolute atomic E-state index is 0.0452. The van der Waals surface area contributed by atoms with Gasteiger partial charge < -0.3 is 9.64 Å². The van der Waals surface area contributed by atoms with Crippen molar-refractivity contribution in [2.75, 3.05) is 51.7 Å². The molecule has 3 fully saturated rings. The lowest BCUT2D eigenvalue weighted by Crippen LogP contribution is -2.81. The smallest absolute Gasteiger partial charge is 0.253 e. The van der Waals surface area contributed by atoms with E-state index in [4.69, 9.17) is 16.3 Å².